The molecule has 5 nitrogen and oxygen atoms in total. The quantitative estimate of drug-likeness (QED) is 0.706. The fraction of sp³-hybridized carbons (Fsp3) is 0.118. The molecule has 0 saturated heterocycles. The van der Waals surface area contributed by atoms with E-state index in [0.29, 0.717) is 27.0 Å². The summed E-state index contributed by atoms with van der Waals surface area (Å²) in [5.41, 5.74) is 1.45. The van der Waals surface area contributed by atoms with Gasteiger partial charge in [-0.05, 0) is 36.1 Å². The Morgan fingerprint density at radius 1 is 1.20 bits per heavy atom. The third kappa shape index (κ3) is 4.49. The van der Waals surface area contributed by atoms with Gasteiger partial charge in [0.05, 0.1) is 17.0 Å². The van der Waals surface area contributed by atoms with E-state index in [2.05, 4.69) is 15.6 Å². The van der Waals surface area contributed by atoms with E-state index in [9.17, 15) is 14.0 Å². The molecular formula is C17H14FN3O2S2. The molecule has 2 N–H and O–H groups in total. The van der Waals surface area contributed by atoms with Crippen molar-refractivity contribution in [2.24, 2.45) is 0 Å². The maximum Gasteiger partial charge on any atom is 0.267 e. The second kappa shape index (κ2) is 7.54. The third-order valence-electron chi connectivity index (χ3n) is 3.31. The number of carbonyl (C=O) groups excluding carboxylic acids is 2. The number of nitrogens with one attached hydrogen (secondary N) is 2. The van der Waals surface area contributed by atoms with Crippen molar-refractivity contribution in [1.82, 2.24) is 4.98 Å². The highest BCUT2D eigenvalue weighted by Gasteiger charge is 2.12. The lowest BCUT2D eigenvalue weighted by Gasteiger charge is -2.05. The van der Waals surface area contributed by atoms with Crippen LogP contribution in [0, 0.1) is 12.7 Å². The van der Waals surface area contributed by atoms with E-state index >= 15 is 0 Å². The number of carbonyl (C=O) groups is 2. The Balaban J connectivity index is 1.58. The summed E-state index contributed by atoms with van der Waals surface area (Å²) in [4.78, 5) is 28.8. The number of thiazole rings is 1. The smallest absolute Gasteiger partial charge is 0.267 e. The molecule has 0 atom stereocenters. The molecule has 0 spiro atoms. The highest BCUT2D eigenvalue weighted by atomic mass is 32.1. The number of benzene rings is 1. The fourth-order valence-electron chi connectivity index (χ4n) is 2.05. The maximum absolute atomic E-state index is 13.5. The number of aryl methyl sites for hydroxylation is 1. The molecule has 128 valence electrons. The van der Waals surface area contributed by atoms with Crippen LogP contribution in [0.15, 0.2) is 41.1 Å². The molecule has 1 aromatic carbocycles. The third-order valence-corrected chi connectivity index (χ3v) is 4.99. The zero-order valence-corrected chi connectivity index (χ0v) is 14.8. The topological polar surface area (TPSA) is 71.1 Å². The number of hydrogen-bond donors (Lipinski definition) is 2. The average Bonchev–Trinajstić information content (AvgIpc) is 3.23. The van der Waals surface area contributed by atoms with Crippen LogP contribution in [0.25, 0.3) is 0 Å². The van der Waals surface area contributed by atoms with Crippen molar-refractivity contribution in [2.45, 2.75) is 13.3 Å². The van der Waals surface area contributed by atoms with Crippen molar-refractivity contribution in [3.63, 3.8) is 0 Å². The van der Waals surface area contributed by atoms with Crippen LogP contribution in [-0.4, -0.2) is 16.8 Å². The summed E-state index contributed by atoms with van der Waals surface area (Å²) < 4.78 is 13.5. The molecule has 25 heavy (non-hydrogen) atoms. The number of thiophene rings is 1. The lowest BCUT2D eigenvalue weighted by molar-refractivity contribution is -0.115. The molecular weight excluding hydrogens is 361 g/mol. The van der Waals surface area contributed by atoms with Gasteiger partial charge in [0, 0.05) is 11.1 Å². The van der Waals surface area contributed by atoms with Gasteiger partial charge in [-0.3, -0.25) is 14.9 Å². The zero-order valence-electron chi connectivity index (χ0n) is 13.2. The Hall–Kier alpha value is -2.58. The standard InChI is InChI=1S/C17H14FN3O2S2/c1-10-4-5-11(7-13(10)18)19-15(22)8-12-9-25-17(20-12)21-16(23)14-3-2-6-24-14/h2-7,9H,8H2,1H3,(H,19,22)(H,20,21,23). The minimum absolute atomic E-state index is 0.0425. The van der Waals surface area contributed by atoms with Crippen LogP contribution in [-0.2, 0) is 11.2 Å². The van der Waals surface area contributed by atoms with Crippen LogP contribution in [0.2, 0.25) is 0 Å². The van der Waals surface area contributed by atoms with Gasteiger partial charge in [0.25, 0.3) is 5.91 Å². The molecule has 0 radical (unpaired) electrons. The molecule has 2 aromatic heterocycles. The van der Waals surface area contributed by atoms with Gasteiger partial charge in [0.2, 0.25) is 5.91 Å². The van der Waals surface area contributed by atoms with Gasteiger partial charge in [-0.2, -0.15) is 0 Å². The molecule has 2 amide bonds. The summed E-state index contributed by atoms with van der Waals surface area (Å²) in [5.74, 6) is -0.898. The summed E-state index contributed by atoms with van der Waals surface area (Å²) >= 11 is 2.59. The van der Waals surface area contributed by atoms with E-state index < -0.39 is 0 Å². The second-order valence-corrected chi connectivity index (χ2v) is 7.07. The van der Waals surface area contributed by atoms with E-state index in [1.54, 1.807) is 36.6 Å². The van der Waals surface area contributed by atoms with Crippen LogP contribution in [0.3, 0.4) is 0 Å². The Kier molecular flexibility index (Phi) is 5.20. The summed E-state index contributed by atoms with van der Waals surface area (Å²) in [6.07, 6.45) is 0.0425. The largest absolute Gasteiger partial charge is 0.326 e. The number of halogens is 1. The molecule has 2 heterocycles. The molecule has 0 fully saturated rings. The van der Waals surface area contributed by atoms with Gasteiger partial charge in [0.1, 0.15) is 5.82 Å². The zero-order chi connectivity index (χ0) is 17.8. The molecule has 0 aliphatic carbocycles. The lowest BCUT2D eigenvalue weighted by atomic mass is 10.2. The molecule has 0 unspecified atom stereocenters. The van der Waals surface area contributed by atoms with E-state index in [1.807, 2.05) is 5.38 Å². The van der Waals surface area contributed by atoms with E-state index in [4.69, 9.17) is 0 Å². The van der Waals surface area contributed by atoms with Crippen molar-refractivity contribution < 1.29 is 14.0 Å². The number of nitrogens with zero attached hydrogens (tertiary/aromatic N) is 1. The van der Waals surface area contributed by atoms with Crippen molar-refractivity contribution in [3.8, 4) is 0 Å². The van der Waals surface area contributed by atoms with E-state index in [1.165, 1.54) is 28.7 Å². The molecule has 0 aliphatic heterocycles. The maximum atomic E-state index is 13.5. The minimum Gasteiger partial charge on any atom is -0.326 e. The Morgan fingerprint density at radius 3 is 2.76 bits per heavy atom. The van der Waals surface area contributed by atoms with Gasteiger partial charge in [-0.1, -0.05) is 12.1 Å². The van der Waals surface area contributed by atoms with Crippen molar-refractivity contribution in [1.29, 1.82) is 0 Å². The summed E-state index contributed by atoms with van der Waals surface area (Å²) in [6, 6.07) is 8.05. The van der Waals surface area contributed by atoms with Gasteiger partial charge in [-0.25, -0.2) is 9.37 Å². The highest BCUT2D eigenvalue weighted by Crippen LogP contribution is 2.19. The lowest BCUT2D eigenvalue weighted by Crippen LogP contribution is -2.15. The van der Waals surface area contributed by atoms with Crippen LogP contribution in [0.5, 0.6) is 0 Å². The van der Waals surface area contributed by atoms with Crippen LogP contribution >= 0.6 is 22.7 Å². The average molecular weight is 375 g/mol. The van der Waals surface area contributed by atoms with E-state index in [-0.39, 0.29) is 24.1 Å². The predicted octanol–water partition coefficient (Wildman–Crippen LogP) is 4.09. The Labute approximate surface area is 151 Å². The SMILES string of the molecule is Cc1ccc(NC(=O)Cc2csc(NC(=O)c3cccs3)n2)cc1F. The fourth-order valence-corrected chi connectivity index (χ4v) is 3.38. The van der Waals surface area contributed by atoms with E-state index in [0.717, 1.165) is 0 Å². The molecule has 0 bridgehead atoms. The molecule has 8 heteroatoms. The normalized spacial score (nSPS) is 10.5. The molecule has 0 aliphatic rings. The first-order valence-corrected chi connectivity index (χ1v) is 9.12. The van der Waals surface area contributed by atoms with Gasteiger partial charge >= 0.3 is 0 Å². The van der Waals surface area contributed by atoms with Crippen LogP contribution < -0.4 is 10.6 Å². The number of anilines is 2. The Bertz CT molecular complexity index is 907. The summed E-state index contributed by atoms with van der Waals surface area (Å²) in [5, 5.41) is 9.29. The molecule has 0 saturated carbocycles. The van der Waals surface area contributed by atoms with Crippen molar-refractivity contribution >= 4 is 45.3 Å². The first kappa shape index (κ1) is 17.2. The van der Waals surface area contributed by atoms with Gasteiger partial charge in [-0.15, -0.1) is 22.7 Å². The first-order chi connectivity index (χ1) is 12.0. The predicted molar refractivity (Wildman–Crippen MR) is 97.9 cm³/mol. The van der Waals surface area contributed by atoms with Crippen LogP contribution in [0.4, 0.5) is 15.2 Å². The number of amides is 2. The van der Waals surface area contributed by atoms with Crippen molar-refractivity contribution in [2.75, 3.05) is 10.6 Å². The monoisotopic (exact) mass is 375 g/mol. The minimum atomic E-state index is -0.370. The molecule has 3 rings (SSSR count). The number of hydrogen-bond acceptors (Lipinski definition) is 5. The highest BCUT2D eigenvalue weighted by molar-refractivity contribution is 7.14. The molecule has 3 aromatic rings. The summed E-state index contributed by atoms with van der Waals surface area (Å²) in [7, 11) is 0. The summed E-state index contributed by atoms with van der Waals surface area (Å²) in [6.45, 7) is 1.65. The van der Waals surface area contributed by atoms with Crippen molar-refractivity contribution in [3.05, 3.63) is 63.0 Å². The number of aromatic nitrogens is 1. The van der Waals surface area contributed by atoms with Gasteiger partial charge < -0.3 is 5.32 Å². The van der Waals surface area contributed by atoms with Gasteiger partial charge in [0.15, 0.2) is 5.13 Å². The van der Waals surface area contributed by atoms with Crippen LogP contribution in [0.1, 0.15) is 20.9 Å². The number of rotatable bonds is 5. The second-order valence-electron chi connectivity index (χ2n) is 5.26. The first-order valence-electron chi connectivity index (χ1n) is 7.36. The Morgan fingerprint density at radius 2 is 2.04 bits per heavy atom.